The summed E-state index contributed by atoms with van der Waals surface area (Å²) in [4.78, 5) is 1.10. The minimum absolute atomic E-state index is 0.631. The van der Waals surface area contributed by atoms with E-state index in [0.717, 1.165) is 15.5 Å². The Kier molecular flexibility index (Phi) is 5.08. The number of benzene rings is 2. The van der Waals surface area contributed by atoms with Gasteiger partial charge in [0.25, 0.3) is 0 Å². The summed E-state index contributed by atoms with van der Waals surface area (Å²) in [5.41, 5.74) is 0.289. The Morgan fingerprint density at radius 1 is 1.15 bits per heavy atom. The van der Waals surface area contributed by atoms with Crippen LogP contribution in [-0.2, 0) is 5.54 Å². The number of rotatable bonds is 5. The summed E-state index contributed by atoms with van der Waals surface area (Å²) in [6, 6.07) is 19.9. The van der Waals surface area contributed by atoms with Crippen molar-refractivity contribution in [2.24, 2.45) is 0 Å². The summed E-state index contributed by atoms with van der Waals surface area (Å²) >= 11 is 7.51. The van der Waals surface area contributed by atoms with Gasteiger partial charge in [0.05, 0.1) is 6.07 Å². The third-order valence-electron chi connectivity index (χ3n) is 3.15. The van der Waals surface area contributed by atoms with Gasteiger partial charge in [0.15, 0.2) is 0 Å². The molecular weight excluding hydrogens is 288 g/mol. The molecule has 1 unspecified atom stereocenters. The average Bonchev–Trinajstić information content (AvgIpc) is 2.51. The molecule has 2 aromatic carbocycles. The van der Waals surface area contributed by atoms with Gasteiger partial charge in [0.2, 0.25) is 0 Å². The van der Waals surface area contributed by atoms with Crippen molar-refractivity contribution in [3.8, 4) is 6.07 Å². The van der Waals surface area contributed by atoms with Crippen molar-refractivity contribution in [3.05, 3.63) is 65.2 Å². The van der Waals surface area contributed by atoms with E-state index in [-0.39, 0.29) is 0 Å². The summed E-state index contributed by atoms with van der Waals surface area (Å²) in [6.45, 7) is 0. The van der Waals surface area contributed by atoms with E-state index < -0.39 is 5.54 Å². The Morgan fingerprint density at radius 3 is 2.35 bits per heavy atom. The molecule has 2 aromatic rings. The van der Waals surface area contributed by atoms with Crippen LogP contribution in [0.3, 0.4) is 0 Å². The summed E-state index contributed by atoms with van der Waals surface area (Å²) in [7, 11) is 1.82. The Hall–Kier alpha value is -1.47. The standard InChI is InChI=1S/C16H15ClN2S/c1-19-16(11-18,13-5-3-2-4-6-13)12-20-15-9-7-14(17)8-10-15/h2-10,19H,12H2,1H3. The minimum Gasteiger partial charge on any atom is -0.298 e. The molecule has 2 rings (SSSR count). The Bertz CT molecular complexity index is 592. The van der Waals surface area contributed by atoms with Gasteiger partial charge in [-0.25, -0.2) is 0 Å². The molecule has 0 fully saturated rings. The second kappa shape index (κ2) is 6.81. The molecule has 4 heteroatoms. The number of hydrogen-bond donors (Lipinski definition) is 1. The van der Waals surface area contributed by atoms with Crippen molar-refractivity contribution >= 4 is 23.4 Å². The van der Waals surface area contributed by atoms with Crippen LogP contribution >= 0.6 is 23.4 Å². The van der Waals surface area contributed by atoms with Crippen LogP contribution in [0.1, 0.15) is 5.56 Å². The van der Waals surface area contributed by atoms with Gasteiger partial charge in [0, 0.05) is 15.7 Å². The zero-order valence-corrected chi connectivity index (χ0v) is 12.7. The lowest BCUT2D eigenvalue weighted by Crippen LogP contribution is -2.41. The van der Waals surface area contributed by atoms with E-state index in [1.54, 1.807) is 11.8 Å². The lowest BCUT2D eigenvalue weighted by Gasteiger charge is -2.26. The first kappa shape index (κ1) is 14.9. The second-order valence-corrected chi connectivity index (χ2v) is 5.86. The van der Waals surface area contributed by atoms with E-state index in [0.29, 0.717) is 5.75 Å². The smallest absolute Gasteiger partial charge is 0.141 e. The van der Waals surface area contributed by atoms with Crippen molar-refractivity contribution < 1.29 is 0 Å². The molecule has 0 amide bonds. The zero-order valence-electron chi connectivity index (χ0n) is 11.1. The highest BCUT2D eigenvalue weighted by molar-refractivity contribution is 7.99. The van der Waals surface area contributed by atoms with E-state index in [2.05, 4.69) is 11.4 Å². The van der Waals surface area contributed by atoms with Gasteiger partial charge in [-0.3, -0.25) is 5.32 Å². The molecule has 0 saturated heterocycles. The quantitative estimate of drug-likeness (QED) is 0.846. The van der Waals surface area contributed by atoms with Gasteiger partial charge in [-0.1, -0.05) is 41.9 Å². The fourth-order valence-electron chi connectivity index (χ4n) is 1.90. The summed E-state index contributed by atoms with van der Waals surface area (Å²) in [6.07, 6.45) is 0. The first-order valence-electron chi connectivity index (χ1n) is 6.24. The monoisotopic (exact) mass is 302 g/mol. The van der Waals surface area contributed by atoms with Crippen LogP contribution in [0.5, 0.6) is 0 Å². The van der Waals surface area contributed by atoms with E-state index in [1.165, 1.54) is 0 Å². The van der Waals surface area contributed by atoms with Gasteiger partial charge in [-0.2, -0.15) is 5.26 Å². The van der Waals surface area contributed by atoms with Gasteiger partial charge in [0.1, 0.15) is 5.54 Å². The zero-order chi connectivity index (χ0) is 14.4. The second-order valence-electron chi connectivity index (χ2n) is 4.38. The summed E-state index contributed by atoms with van der Waals surface area (Å²) in [5, 5.41) is 13.5. The fraction of sp³-hybridized carbons (Fsp3) is 0.188. The molecule has 102 valence electrons. The van der Waals surface area contributed by atoms with E-state index in [1.807, 2.05) is 61.6 Å². The molecule has 0 aliphatic carbocycles. The van der Waals surface area contributed by atoms with Crippen LogP contribution in [0.25, 0.3) is 0 Å². The van der Waals surface area contributed by atoms with E-state index >= 15 is 0 Å². The lowest BCUT2D eigenvalue weighted by atomic mass is 9.94. The normalized spacial score (nSPS) is 13.4. The summed E-state index contributed by atoms with van der Waals surface area (Å²) in [5.74, 6) is 0.631. The Labute approximate surface area is 128 Å². The maximum Gasteiger partial charge on any atom is 0.141 e. The molecule has 0 radical (unpaired) electrons. The van der Waals surface area contributed by atoms with E-state index in [9.17, 15) is 5.26 Å². The third kappa shape index (κ3) is 3.34. The average molecular weight is 303 g/mol. The molecule has 0 aromatic heterocycles. The van der Waals surface area contributed by atoms with Crippen LogP contribution in [0, 0.1) is 11.3 Å². The first-order chi connectivity index (χ1) is 9.70. The molecule has 0 saturated carbocycles. The van der Waals surface area contributed by atoms with Crippen molar-refractivity contribution in [2.45, 2.75) is 10.4 Å². The van der Waals surface area contributed by atoms with Gasteiger partial charge in [-0.15, -0.1) is 11.8 Å². The SMILES string of the molecule is CNC(C#N)(CSc1ccc(Cl)cc1)c1ccccc1. The van der Waals surface area contributed by atoms with Crippen LogP contribution in [0.15, 0.2) is 59.5 Å². The lowest BCUT2D eigenvalue weighted by molar-refractivity contribution is 0.528. The molecule has 0 aliphatic heterocycles. The molecule has 1 atom stereocenters. The molecule has 0 spiro atoms. The van der Waals surface area contributed by atoms with Crippen molar-refractivity contribution in [2.75, 3.05) is 12.8 Å². The number of nitrogens with one attached hydrogen (secondary N) is 1. The number of halogens is 1. The topological polar surface area (TPSA) is 35.8 Å². The third-order valence-corrected chi connectivity index (χ3v) is 4.59. The maximum absolute atomic E-state index is 9.61. The van der Waals surface area contributed by atoms with Crippen LogP contribution in [0.4, 0.5) is 0 Å². The van der Waals surface area contributed by atoms with Crippen LogP contribution in [-0.4, -0.2) is 12.8 Å². The first-order valence-corrected chi connectivity index (χ1v) is 7.60. The highest BCUT2D eigenvalue weighted by Crippen LogP contribution is 2.29. The van der Waals surface area contributed by atoms with Crippen molar-refractivity contribution in [1.82, 2.24) is 5.32 Å². The number of nitriles is 1. The fourth-order valence-corrected chi connectivity index (χ4v) is 3.11. The highest BCUT2D eigenvalue weighted by Gasteiger charge is 2.30. The molecule has 20 heavy (non-hydrogen) atoms. The predicted octanol–water partition coefficient (Wildman–Crippen LogP) is 4.07. The van der Waals surface area contributed by atoms with Crippen molar-refractivity contribution in [3.63, 3.8) is 0 Å². The summed E-state index contributed by atoms with van der Waals surface area (Å²) < 4.78 is 0. The molecule has 0 aliphatic rings. The molecule has 0 bridgehead atoms. The molecule has 1 N–H and O–H groups in total. The molecular formula is C16H15ClN2S. The molecule has 0 heterocycles. The predicted molar refractivity (Wildman–Crippen MR) is 85.0 cm³/mol. The number of hydrogen-bond acceptors (Lipinski definition) is 3. The Balaban J connectivity index is 2.18. The maximum atomic E-state index is 9.61. The van der Waals surface area contributed by atoms with Gasteiger partial charge in [-0.05, 0) is 36.9 Å². The largest absolute Gasteiger partial charge is 0.298 e. The van der Waals surface area contributed by atoms with Gasteiger partial charge < -0.3 is 0 Å². The molecule has 2 nitrogen and oxygen atoms in total. The van der Waals surface area contributed by atoms with Crippen LogP contribution < -0.4 is 5.32 Å². The minimum atomic E-state index is -0.689. The number of thioether (sulfide) groups is 1. The Morgan fingerprint density at radius 2 is 1.80 bits per heavy atom. The number of nitrogens with zero attached hydrogens (tertiary/aromatic N) is 1. The van der Waals surface area contributed by atoms with Crippen molar-refractivity contribution in [1.29, 1.82) is 5.26 Å². The highest BCUT2D eigenvalue weighted by atomic mass is 35.5. The van der Waals surface area contributed by atoms with Gasteiger partial charge >= 0.3 is 0 Å². The van der Waals surface area contributed by atoms with Crippen LogP contribution in [0.2, 0.25) is 5.02 Å². The van der Waals surface area contributed by atoms with E-state index in [4.69, 9.17) is 11.6 Å².